The van der Waals surface area contributed by atoms with Gasteiger partial charge in [-0.15, -0.1) is 0 Å². The summed E-state index contributed by atoms with van der Waals surface area (Å²) in [5.74, 6) is -0.510. The summed E-state index contributed by atoms with van der Waals surface area (Å²) in [6.45, 7) is 6.06. The van der Waals surface area contributed by atoms with E-state index < -0.39 is 16.9 Å². The number of carbonyl (C=O) groups is 2. The van der Waals surface area contributed by atoms with Crippen molar-refractivity contribution in [3.05, 3.63) is 29.8 Å². The van der Waals surface area contributed by atoms with Crippen molar-refractivity contribution in [3.8, 4) is 5.75 Å². The van der Waals surface area contributed by atoms with Crippen molar-refractivity contribution in [1.82, 2.24) is 5.32 Å². The van der Waals surface area contributed by atoms with Crippen LogP contribution in [0.15, 0.2) is 24.3 Å². The maximum atomic E-state index is 12.4. The first-order valence-electron chi connectivity index (χ1n) is 8.55. The number of carboxylic acids is 1. The molecule has 2 N–H and O–H groups in total. The summed E-state index contributed by atoms with van der Waals surface area (Å²) in [4.78, 5) is 24.2. The number of carboxylic acid groups (broad SMARTS) is 1. The first-order valence-corrected chi connectivity index (χ1v) is 8.55. The van der Waals surface area contributed by atoms with E-state index in [2.05, 4.69) is 5.32 Å². The van der Waals surface area contributed by atoms with Crippen molar-refractivity contribution in [2.45, 2.75) is 51.7 Å². The van der Waals surface area contributed by atoms with Gasteiger partial charge >= 0.3 is 5.97 Å². The number of aliphatic carboxylic acids is 1. The third-order valence-corrected chi connectivity index (χ3v) is 5.28. The molecule has 1 aliphatic rings. The highest BCUT2D eigenvalue weighted by molar-refractivity contribution is 5.89. The highest BCUT2D eigenvalue weighted by Crippen LogP contribution is 2.51. The average Bonchev–Trinajstić information content (AvgIpc) is 2.59. The van der Waals surface area contributed by atoms with Gasteiger partial charge in [0.2, 0.25) is 5.91 Å². The highest BCUT2D eigenvalue weighted by Gasteiger charge is 2.66. The topological polar surface area (TPSA) is 84.9 Å². The second kappa shape index (κ2) is 7.44. The maximum absolute atomic E-state index is 12.4. The lowest BCUT2D eigenvalue weighted by molar-refractivity contribution is -0.194. The number of benzene rings is 1. The predicted octanol–water partition coefficient (Wildman–Crippen LogP) is 2.40. The smallest absolute Gasteiger partial charge is 0.330 e. The van der Waals surface area contributed by atoms with E-state index in [9.17, 15) is 14.7 Å². The molecule has 0 aliphatic heterocycles. The summed E-state index contributed by atoms with van der Waals surface area (Å²) >= 11 is 0. The molecule has 0 spiro atoms. The highest BCUT2D eigenvalue weighted by atomic mass is 16.5. The van der Waals surface area contributed by atoms with E-state index in [0.29, 0.717) is 13.0 Å². The quantitative estimate of drug-likeness (QED) is 0.753. The molecule has 1 aromatic carbocycles. The second-order valence-corrected chi connectivity index (χ2v) is 6.98. The van der Waals surface area contributed by atoms with E-state index >= 15 is 0 Å². The molecule has 2 unspecified atom stereocenters. The van der Waals surface area contributed by atoms with Gasteiger partial charge in [-0.1, -0.05) is 26.0 Å². The summed E-state index contributed by atoms with van der Waals surface area (Å²) in [6.07, 6.45) is 0.894. The number of aryl methyl sites for hydroxylation is 1. The van der Waals surface area contributed by atoms with E-state index in [0.717, 1.165) is 11.3 Å². The molecular formula is C19H27NO5. The molecule has 1 aliphatic carbocycles. The molecule has 6 nitrogen and oxygen atoms in total. The van der Waals surface area contributed by atoms with Gasteiger partial charge in [0, 0.05) is 24.9 Å². The number of nitrogens with one attached hydrogen (secondary N) is 1. The minimum atomic E-state index is -1.27. The lowest BCUT2D eigenvalue weighted by atomic mass is 9.54. The van der Waals surface area contributed by atoms with Crippen LogP contribution in [0.1, 0.15) is 39.2 Å². The number of methoxy groups -OCH3 is 1. The van der Waals surface area contributed by atoms with Crippen LogP contribution in [-0.4, -0.2) is 42.3 Å². The number of hydrogen-bond acceptors (Lipinski definition) is 4. The van der Waals surface area contributed by atoms with Crippen LogP contribution >= 0.6 is 0 Å². The molecule has 1 fully saturated rings. The molecule has 138 valence electrons. The Morgan fingerprint density at radius 2 is 1.92 bits per heavy atom. The second-order valence-electron chi connectivity index (χ2n) is 6.98. The Morgan fingerprint density at radius 1 is 1.28 bits per heavy atom. The number of hydrogen-bond donors (Lipinski definition) is 2. The summed E-state index contributed by atoms with van der Waals surface area (Å²) in [7, 11) is 1.60. The first-order chi connectivity index (χ1) is 11.8. The van der Waals surface area contributed by atoms with Crippen LogP contribution in [0.25, 0.3) is 0 Å². The predicted molar refractivity (Wildman–Crippen MR) is 93.6 cm³/mol. The van der Waals surface area contributed by atoms with Gasteiger partial charge in [-0.05, 0) is 31.0 Å². The average molecular weight is 349 g/mol. The molecule has 0 saturated heterocycles. The van der Waals surface area contributed by atoms with Crippen LogP contribution < -0.4 is 10.1 Å². The standard InChI is InChI=1S/C19H27NO5/c1-5-25-15-12-19(17(22)23,18(15,2)3)20-16(21)11-8-13-6-9-14(24-4)10-7-13/h6-7,9-10,15H,5,8,11-12H2,1-4H3,(H,20,21)(H,22,23). The molecule has 1 amide bonds. The number of amides is 1. The number of ether oxygens (including phenoxy) is 2. The van der Waals surface area contributed by atoms with Gasteiger partial charge in [0.25, 0.3) is 0 Å². The van der Waals surface area contributed by atoms with Gasteiger partial charge in [-0.2, -0.15) is 0 Å². The molecule has 0 bridgehead atoms. The van der Waals surface area contributed by atoms with Crippen LogP contribution in [0.3, 0.4) is 0 Å². The van der Waals surface area contributed by atoms with E-state index in [1.165, 1.54) is 0 Å². The maximum Gasteiger partial charge on any atom is 0.330 e. The SMILES string of the molecule is CCOC1CC(NC(=O)CCc2ccc(OC)cc2)(C(=O)O)C1(C)C. The van der Waals surface area contributed by atoms with Gasteiger partial charge in [0.15, 0.2) is 0 Å². The van der Waals surface area contributed by atoms with Crippen LogP contribution in [0, 0.1) is 5.41 Å². The van der Waals surface area contributed by atoms with Crippen LogP contribution in [0.5, 0.6) is 5.75 Å². The Kier molecular flexibility index (Phi) is 5.72. The normalized spacial score (nSPS) is 24.2. The van der Waals surface area contributed by atoms with Gasteiger partial charge < -0.3 is 19.9 Å². The third kappa shape index (κ3) is 3.63. The lowest BCUT2D eigenvalue weighted by Crippen LogP contribution is -2.76. The molecule has 25 heavy (non-hydrogen) atoms. The molecule has 0 radical (unpaired) electrons. The van der Waals surface area contributed by atoms with E-state index in [1.807, 2.05) is 45.0 Å². The summed E-state index contributed by atoms with van der Waals surface area (Å²) in [5, 5.41) is 12.5. The molecule has 2 atom stereocenters. The Bertz CT molecular complexity index is 625. The minimum absolute atomic E-state index is 0.171. The fourth-order valence-electron chi connectivity index (χ4n) is 3.39. The van der Waals surface area contributed by atoms with E-state index in [1.54, 1.807) is 7.11 Å². The zero-order valence-electron chi connectivity index (χ0n) is 15.3. The van der Waals surface area contributed by atoms with Crippen molar-refractivity contribution < 1.29 is 24.2 Å². The summed E-state index contributed by atoms with van der Waals surface area (Å²) in [6, 6.07) is 7.48. The van der Waals surface area contributed by atoms with Gasteiger partial charge in [-0.3, -0.25) is 4.79 Å². The van der Waals surface area contributed by atoms with Crippen molar-refractivity contribution in [3.63, 3.8) is 0 Å². The van der Waals surface area contributed by atoms with Gasteiger partial charge in [-0.25, -0.2) is 4.79 Å². The third-order valence-electron chi connectivity index (χ3n) is 5.28. The van der Waals surface area contributed by atoms with Crippen molar-refractivity contribution in [2.75, 3.05) is 13.7 Å². The Hall–Kier alpha value is -2.08. The molecule has 6 heteroatoms. The van der Waals surface area contributed by atoms with Crippen molar-refractivity contribution in [1.29, 1.82) is 0 Å². The Labute approximate surface area is 148 Å². The lowest BCUT2D eigenvalue weighted by Gasteiger charge is -2.58. The monoisotopic (exact) mass is 349 g/mol. The van der Waals surface area contributed by atoms with Crippen molar-refractivity contribution in [2.24, 2.45) is 5.41 Å². The Balaban J connectivity index is 1.98. The minimum Gasteiger partial charge on any atom is -0.497 e. The molecule has 1 saturated carbocycles. The Morgan fingerprint density at radius 3 is 2.40 bits per heavy atom. The first kappa shape index (κ1) is 19.2. The summed E-state index contributed by atoms with van der Waals surface area (Å²) in [5.41, 5.74) is -0.936. The fraction of sp³-hybridized carbons (Fsp3) is 0.579. The molecule has 1 aromatic rings. The largest absolute Gasteiger partial charge is 0.497 e. The van der Waals surface area contributed by atoms with Crippen LogP contribution in [0.4, 0.5) is 0 Å². The van der Waals surface area contributed by atoms with Crippen LogP contribution in [0.2, 0.25) is 0 Å². The molecule has 2 rings (SSSR count). The van der Waals surface area contributed by atoms with Crippen LogP contribution in [-0.2, 0) is 20.7 Å². The zero-order chi connectivity index (χ0) is 18.7. The van der Waals surface area contributed by atoms with Gasteiger partial charge in [0.1, 0.15) is 11.3 Å². The molecule has 0 heterocycles. The van der Waals surface area contributed by atoms with E-state index in [4.69, 9.17) is 9.47 Å². The summed E-state index contributed by atoms with van der Waals surface area (Å²) < 4.78 is 10.7. The fourth-order valence-corrected chi connectivity index (χ4v) is 3.39. The zero-order valence-corrected chi connectivity index (χ0v) is 15.3. The molecular weight excluding hydrogens is 322 g/mol. The number of rotatable bonds is 8. The molecule has 0 aromatic heterocycles. The van der Waals surface area contributed by atoms with E-state index in [-0.39, 0.29) is 24.9 Å². The van der Waals surface area contributed by atoms with Gasteiger partial charge in [0.05, 0.1) is 13.2 Å². The number of carbonyl (C=O) groups excluding carboxylic acids is 1. The van der Waals surface area contributed by atoms with Crippen molar-refractivity contribution >= 4 is 11.9 Å².